The largest absolute Gasteiger partial charge is 0.462 e. The highest BCUT2D eigenvalue weighted by atomic mass is 32.1. The number of rotatable bonds is 6. The number of carbonyl (C=O) groups excluding carboxylic acids is 1. The van der Waals surface area contributed by atoms with Gasteiger partial charge in [0.25, 0.3) is 0 Å². The zero-order chi connectivity index (χ0) is 13.1. The molecule has 5 heteroatoms. The van der Waals surface area contributed by atoms with Gasteiger partial charge in [-0.1, -0.05) is 12.8 Å². The quantitative estimate of drug-likeness (QED) is 0.805. The van der Waals surface area contributed by atoms with Gasteiger partial charge in [0, 0.05) is 6.04 Å². The second-order valence-corrected chi connectivity index (χ2v) is 5.69. The number of nitrogens with one attached hydrogen (secondary N) is 1. The molecule has 1 heterocycles. The van der Waals surface area contributed by atoms with Gasteiger partial charge in [-0.15, -0.1) is 0 Å². The standard InChI is InChI=1S/C13H20N2O2S/c1-4-17-13(16)11-9(3)15-18-12(11)14-8(2)7-10-5-6-10/h8,10,14H,4-7H2,1-3H3. The lowest BCUT2D eigenvalue weighted by Crippen LogP contribution is -2.17. The third-order valence-corrected chi connectivity index (χ3v) is 3.97. The predicted molar refractivity (Wildman–Crippen MR) is 73.2 cm³/mol. The van der Waals surface area contributed by atoms with Gasteiger partial charge in [0.15, 0.2) is 0 Å². The summed E-state index contributed by atoms with van der Waals surface area (Å²) in [5, 5.41) is 4.24. The van der Waals surface area contributed by atoms with Gasteiger partial charge in [-0.2, -0.15) is 4.37 Å². The van der Waals surface area contributed by atoms with Crippen LogP contribution in [0, 0.1) is 12.8 Å². The Bertz CT molecular complexity index is 427. The summed E-state index contributed by atoms with van der Waals surface area (Å²) in [7, 11) is 0. The highest BCUT2D eigenvalue weighted by Gasteiger charge is 2.25. The third-order valence-electron chi connectivity index (χ3n) is 3.10. The summed E-state index contributed by atoms with van der Waals surface area (Å²) >= 11 is 1.34. The SMILES string of the molecule is CCOC(=O)c1c(C)nsc1NC(C)CC1CC1. The Labute approximate surface area is 112 Å². The van der Waals surface area contributed by atoms with Crippen LogP contribution >= 0.6 is 11.5 Å². The van der Waals surface area contributed by atoms with Crippen molar-refractivity contribution in [3.63, 3.8) is 0 Å². The maximum absolute atomic E-state index is 11.9. The normalized spacial score (nSPS) is 16.4. The van der Waals surface area contributed by atoms with Crippen LogP contribution in [-0.2, 0) is 4.74 Å². The van der Waals surface area contributed by atoms with Gasteiger partial charge in [-0.25, -0.2) is 4.79 Å². The van der Waals surface area contributed by atoms with E-state index in [4.69, 9.17) is 4.74 Å². The number of hydrogen-bond acceptors (Lipinski definition) is 5. The van der Waals surface area contributed by atoms with Crippen LogP contribution in [0.3, 0.4) is 0 Å². The van der Waals surface area contributed by atoms with Crippen LogP contribution in [0.5, 0.6) is 0 Å². The molecule has 1 aromatic rings. The van der Waals surface area contributed by atoms with Crippen molar-refractivity contribution in [3.8, 4) is 0 Å². The van der Waals surface area contributed by atoms with Crippen molar-refractivity contribution in [2.75, 3.05) is 11.9 Å². The first kappa shape index (κ1) is 13.3. The van der Waals surface area contributed by atoms with Gasteiger partial charge >= 0.3 is 5.97 Å². The molecule has 0 spiro atoms. The van der Waals surface area contributed by atoms with Gasteiger partial charge in [-0.3, -0.25) is 0 Å². The molecule has 2 rings (SSSR count). The minimum atomic E-state index is -0.273. The van der Waals surface area contributed by atoms with Gasteiger partial charge in [0.1, 0.15) is 10.6 Å². The van der Waals surface area contributed by atoms with Crippen LogP contribution in [-0.4, -0.2) is 23.0 Å². The fraction of sp³-hybridized carbons (Fsp3) is 0.692. The van der Waals surface area contributed by atoms with Gasteiger partial charge in [-0.05, 0) is 44.6 Å². The fourth-order valence-corrected chi connectivity index (χ4v) is 2.94. The zero-order valence-electron chi connectivity index (χ0n) is 11.2. The molecule has 0 aromatic carbocycles. The summed E-state index contributed by atoms with van der Waals surface area (Å²) in [6.45, 7) is 6.21. The number of hydrogen-bond donors (Lipinski definition) is 1. The Morgan fingerprint density at radius 2 is 2.33 bits per heavy atom. The molecule has 1 N–H and O–H groups in total. The van der Waals surface area contributed by atoms with Crippen molar-refractivity contribution >= 4 is 22.5 Å². The van der Waals surface area contributed by atoms with Gasteiger partial charge in [0.2, 0.25) is 0 Å². The van der Waals surface area contributed by atoms with E-state index >= 15 is 0 Å². The smallest absolute Gasteiger partial charge is 0.343 e. The van der Waals surface area contributed by atoms with Gasteiger partial charge < -0.3 is 10.1 Å². The lowest BCUT2D eigenvalue weighted by Gasteiger charge is -2.14. The second kappa shape index (κ2) is 5.69. The number of nitrogens with zero attached hydrogens (tertiary/aromatic N) is 1. The molecular weight excluding hydrogens is 248 g/mol. The predicted octanol–water partition coefficient (Wildman–Crippen LogP) is 3.23. The molecule has 1 aliphatic carbocycles. The van der Waals surface area contributed by atoms with E-state index in [1.165, 1.54) is 30.8 Å². The summed E-state index contributed by atoms with van der Waals surface area (Å²) in [4.78, 5) is 11.9. The van der Waals surface area contributed by atoms with Crippen LogP contribution < -0.4 is 5.32 Å². The van der Waals surface area contributed by atoms with E-state index in [1.807, 2.05) is 13.8 Å². The minimum absolute atomic E-state index is 0.273. The lowest BCUT2D eigenvalue weighted by atomic mass is 10.1. The van der Waals surface area contributed by atoms with E-state index in [9.17, 15) is 4.79 Å². The first-order valence-electron chi connectivity index (χ1n) is 6.51. The molecule has 100 valence electrons. The molecule has 18 heavy (non-hydrogen) atoms. The Balaban J connectivity index is 2.04. The summed E-state index contributed by atoms with van der Waals surface area (Å²) in [5.41, 5.74) is 1.35. The molecule has 0 saturated heterocycles. The highest BCUT2D eigenvalue weighted by Crippen LogP contribution is 2.35. The highest BCUT2D eigenvalue weighted by molar-refractivity contribution is 7.10. The topological polar surface area (TPSA) is 51.2 Å². The summed E-state index contributed by atoms with van der Waals surface area (Å²) in [5.74, 6) is 0.595. The number of aromatic nitrogens is 1. The average molecular weight is 268 g/mol. The third kappa shape index (κ3) is 3.22. The molecule has 0 radical (unpaired) electrons. The Morgan fingerprint density at radius 3 is 2.94 bits per heavy atom. The van der Waals surface area contributed by atoms with Crippen LogP contribution in [0.15, 0.2) is 0 Å². The van der Waals surface area contributed by atoms with Crippen molar-refractivity contribution in [1.82, 2.24) is 4.37 Å². The van der Waals surface area contributed by atoms with Crippen molar-refractivity contribution in [2.24, 2.45) is 5.92 Å². The van der Waals surface area contributed by atoms with Crippen molar-refractivity contribution < 1.29 is 9.53 Å². The second-order valence-electron chi connectivity index (χ2n) is 4.92. The van der Waals surface area contributed by atoms with Crippen molar-refractivity contribution in [3.05, 3.63) is 11.3 Å². The van der Waals surface area contributed by atoms with E-state index in [0.717, 1.165) is 16.6 Å². The monoisotopic (exact) mass is 268 g/mol. The number of carbonyl (C=O) groups is 1. The molecule has 1 aliphatic rings. The van der Waals surface area contributed by atoms with Crippen LogP contribution in [0.4, 0.5) is 5.00 Å². The summed E-state index contributed by atoms with van der Waals surface area (Å²) in [6.07, 6.45) is 3.86. The fourth-order valence-electron chi connectivity index (χ4n) is 2.05. The molecule has 0 aliphatic heterocycles. The molecule has 0 amide bonds. The minimum Gasteiger partial charge on any atom is -0.462 e. The Morgan fingerprint density at radius 1 is 1.61 bits per heavy atom. The lowest BCUT2D eigenvalue weighted by molar-refractivity contribution is 0.0527. The number of ether oxygens (including phenoxy) is 1. The van der Waals surface area contributed by atoms with E-state index in [2.05, 4.69) is 16.6 Å². The Hall–Kier alpha value is -1.10. The molecular formula is C13H20N2O2S. The summed E-state index contributed by atoms with van der Waals surface area (Å²) in [6, 6.07) is 0.380. The zero-order valence-corrected chi connectivity index (χ0v) is 12.0. The van der Waals surface area contributed by atoms with Crippen molar-refractivity contribution in [2.45, 2.75) is 46.1 Å². The summed E-state index contributed by atoms with van der Waals surface area (Å²) < 4.78 is 9.32. The molecule has 0 bridgehead atoms. The van der Waals surface area contributed by atoms with Gasteiger partial charge in [0.05, 0.1) is 12.3 Å². The van der Waals surface area contributed by atoms with Crippen LogP contribution in [0.25, 0.3) is 0 Å². The maximum Gasteiger partial charge on any atom is 0.343 e. The molecule has 1 aromatic heterocycles. The number of aryl methyl sites for hydroxylation is 1. The molecule has 1 unspecified atom stereocenters. The van der Waals surface area contributed by atoms with Crippen LogP contribution in [0.2, 0.25) is 0 Å². The Kier molecular flexibility index (Phi) is 4.22. The van der Waals surface area contributed by atoms with E-state index in [0.29, 0.717) is 18.2 Å². The van der Waals surface area contributed by atoms with E-state index in [-0.39, 0.29) is 5.97 Å². The number of anilines is 1. The van der Waals surface area contributed by atoms with Crippen LogP contribution in [0.1, 0.15) is 49.2 Å². The number of esters is 1. The molecule has 1 saturated carbocycles. The first-order valence-corrected chi connectivity index (χ1v) is 7.29. The molecule has 1 atom stereocenters. The average Bonchev–Trinajstić information content (AvgIpc) is 3.03. The molecule has 4 nitrogen and oxygen atoms in total. The van der Waals surface area contributed by atoms with Crippen molar-refractivity contribution in [1.29, 1.82) is 0 Å². The molecule has 1 fully saturated rings. The van der Waals surface area contributed by atoms with E-state index in [1.54, 1.807) is 0 Å². The van der Waals surface area contributed by atoms with E-state index < -0.39 is 0 Å². The maximum atomic E-state index is 11.9. The first-order chi connectivity index (χ1) is 8.61.